The molecule has 144 valence electrons. The molecule has 0 bridgehead atoms. The lowest BCUT2D eigenvalue weighted by molar-refractivity contribution is 0.0997. The molecule has 1 aromatic heterocycles. The summed E-state index contributed by atoms with van der Waals surface area (Å²) in [5.74, 6) is -0.769. The molecule has 0 radical (unpaired) electrons. The van der Waals surface area contributed by atoms with Crippen molar-refractivity contribution in [3.63, 3.8) is 0 Å². The summed E-state index contributed by atoms with van der Waals surface area (Å²) in [6.45, 7) is 3.18. The van der Waals surface area contributed by atoms with Gasteiger partial charge in [-0.15, -0.1) is 0 Å². The Morgan fingerprint density at radius 1 is 1.07 bits per heavy atom. The van der Waals surface area contributed by atoms with Gasteiger partial charge in [-0.2, -0.15) is 0 Å². The van der Waals surface area contributed by atoms with Crippen molar-refractivity contribution in [1.29, 1.82) is 0 Å². The summed E-state index contributed by atoms with van der Waals surface area (Å²) >= 11 is 0. The Hall–Kier alpha value is -3.12. The van der Waals surface area contributed by atoms with Crippen LogP contribution in [-0.4, -0.2) is 29.0 Å². The van der Waals surface area contributed by atoms with Gasteiger partial charge in [0.2, 0.25) is 0 Å². The molecule has 6 heteroatoms. The van der Waals surface area contributed by atoms with Crippen LogP contribution in [0.3, 0.4) is 0 Å². The predicted octanol–water partition coefficient (Wildman–Crippen LogP) is 3.74. The minimum atomic E-state index is -0.508. The number of carbonyl (C=O) groups is 1. The number of phenols is 1. The maximum Gasteiger partial charge on any atom is 0.291 e. The number of hydrogen-bond acceptors (Lipinski definition) is 5. The van der Waals surface area contributed by atoms with Gasteiger partial charge in [-0.25, -0.2) is 0 Å². The molecule has 6 nitrogen and oxygen atoms in total. The molecule has 1 amide bonds. The second-order valence-corrected chi connectivity index (χ2v) is 7.11. The van der Waals surface area contributed by atoms with Crippen LogP contribution in [0.1, 0.15) is 35.4 Å². The molecule has 1 aliphatic rings. The lowest BCUT2D eigenvalue weighted by Gasteiger charge is -2.26. The molecule has 2 aromatic carbocycles. The molecule has 1 saturated heterocycles. The molecule has 28 heavy (non-hydrogen) atoms. The maximum absolute atomic E-state index is 12.5. The SMILES string of the molecule is O=C(Nc1ccc(CN2CCCCC2)cc1)c1cc(=O)c2c(O)cccc2o1. The molecule has 1 fully saturated rings. The molecule has 2 heterocycles. The van der Waals surface area contributed by atoms with Crippen LogP contribution >= 0.6 is 0 Å². The molecule has 4 rings (SSSR count). The number of hydrogen-bond donors (Lipinski definition) is 2. The monoisotopic (exact) mass is 378 g/mol. The van der Waals surface area contributed by atoms with Crippen molar-refractivity contribution in [2.24, 2.45) is 0 Å². The third-order valence-electron chi connectivity index (χ3n) is 5.02. The van der Waals surface area contributed by atoms with Crippen molar-refractivity contribution in [3.8, 4) is 5.75 Å². The third-order valence-corrected chi connectivity index (χ3v) is 5.02. The van der Waals surface area contributed by atoms with Crippen molar-refractivity contribution in [2.75, 3.05) is 18.4 Å². The first-order chi connectivity index (χ1) is 13.6. The highest BCUT2D eigenvalue weighted by Crippen LogP contribution is 2.22. The fraction of sp³-hybridized carbons (Fsp3) is 0.273. The highest BCUT2D eigenvalue weighted by molar-refractivity contribution is 6.03. The van der Waals surface area contributed by atoms with Gasteiger partial charge >= 0.3 is 0 Å². The molecule has 3 aromatic rings. The van der Waals surface area contributed by atoms with E-state index in [0.717, 1.165) is 25.7 Å². The second-order valence-electron chi connectivity index (χ2n) is 7.11. The zero-order chi connectivity index (χ0) is 19.5. The van der Waals surface area contributed by atoms with Crippen molar-refractivity contribution in [1.82, 2.24) is 4.90 Å². The average molecular weight is 378 g/mol. The van der Waals surface area contributed by atoms with Gasteiger partial charge in [-0.05, 0) is 55.8 Å². The highest BCUT2D eigenvalue weighted by Gasteiger charge is 2.15. The quantitative estimate of drug-likeness (QED) is 0.723. The van der Waals surface area contributed by atoms with Crippen molar-refractivity contribution in [2.45, 2.75) is 25.8 Å². The number of carbonyl (C=O) groups excluding carboxylic acids is 1. The van der Waals surface area contributed by atoms with Crippen LogP contribution in [0.25, 0.3) is 11.0 Å². The fourth-order valence-electron chi connectivity index (χ4n) is 3.57. The van der Waals surface area contributed by atoms with Crippen LogP contribution in [0, 0.1) is 0 Å². The molecule has 0 spiro atoms. The van der Waals surface area contributed by atoms with E-state index in [-0.39, 0.29) is 22.5 Å². The molecule has 0 aliphatic carbocycles. The van der Waals surface area contributed by atoms with Crippen LogP contribution in [0.15, 0.2) is 57.7 Å². The minimum Gasteiger partial charge on any atom is -0.507 e. The van der Waals surface area contributed by atoms with Gasteiger partial charge in [0.15, 0.2) is 11.2 Å². The van der Waals surface area contributed by atoms with E-state index in [1.807, 2.05) is 24.3 Å². The molecule has 0 atom stereocenters. The summed E-state index contributed by atoms with van der Waals surface area (Å²) in [6, 6.07) is 13.3. The van der Waals surface area contributed by atoms with Crippen LogP contribution in [0.4, 0.5) is 5.69 Å². The van der Waals surface area contributed by atoms with Crippen molar-refractivity contribution in [3.05, 3.63) is 70.1 Å². The van der Waals surface area contributed by atoms with E-state index in [4.69, 9.17) is 4.42 Å². The van der Waals surface area contributed by atoms with Gasteiger partial charge in [-0.3, -0.25) is 14.5 Å². The van der Waals surface area contributed by atoms with Gasteiger partial charge in [0.05, 0.1) is 0 Å². The summed E-state index contributed by atoms with van der Waals surface area (Å²) in [5, 5.41) is 12.6. The number of phenolic OH excluding ortho intramolecular Hbond substituents is 1. The van der Waals surface area contributed by atoms with E-state index in [2.05, 4.69) is 10.2 Å². The maximum atomic E-state index is 12.5. The van der Waals surface area contributed by atoms with Gasteiger partial charge in [-0.1, -0.05) is 24.6 Å². The standard InChI is InChI=1S/C22H22N2O4/c25-17-5-4-6-19-21(17)18(26)13-20(28-19)22(27)23-16-9-7-15(8-10-16)14-24-11-2-1-3-12-24/h4-10,13,25H,1-3,11-12,14H2,(H,23,27). The zero-order valence-electron chi connectivity index (χ0n) is 15.5. The Bertz CT molecular complexity index is 1050. The van der Waals surface area contributed by atoms with Crippen molar-refractivity contribution < 1.29 is 14.3 Å². The van der Waals surface area contributed by atoms with Crippen molar-refractivity contribution >= 4 is 22.6 Å². The van der Waals surface area contributed by atoms with E-state index in [1.54, 1.807) is 12.1 Å². The van der Waals surface area contributed by atoms with Gasteiger partial charge in [0.25, 0.3) is 5.91 Å². The summed E-state index contributed by atoms with van der Waals surface area (Å²) in [6.07, 6.45) is 3.82. The number of anilines is 1. The number of likely N-dealkylation sites (tertiary alicyclic amines) is 1. The number of amides is 1. The molecule has 0 unspecified atom stereocenters. The number of rotatable bonds is 4. The Labute approximate surface area is 162 Å². The Morgan fingerprint density at radius 2 is 1.82 bits per heavy atom. The Balaban J connectivity index is 1.47. The topological polar surface area (TPSA) is 82.8 Å². The number of aromatic hydroxyl groups is 1. The smallest absolute Gasteiger partial charge is 0.291 e. The summed E-state index contributed by atoms with van der Waals surface area (Å²) in [5.41, 5.74) is 1.55. The molecule has 1 aliphatic heterocycles. The first-order valence-electron chi connectivity index (χ1n) is 9.49. The van der Waals surface area contributed by atoms with Gasteiger partial charge in [0, 0.05) is 18.3 Å². The second kappa shape index (κ2) is 7.86. The first kappa shape index (κ1) is 18.3. The van der Waals surface area contributed by atoms with E-state index in [0.29, 0.717) is 5.69 Å². The van der Waals surface area contributed by atoms with Crippen LogP contribution in [-0.2, 0) is 6.54 Å². The zero-order valence-corrected chi connectivity index (χ0v) is 15.5. The van der Waals surface area contributed by atoms with E-state index in [9.17, 15) is 14.7 Å². The Morgan fingerprint density at radius 3 is 2.57 bits per heavy atom. The minimum absolute atomic E-state index is 0.0705. The van der Waals surface area contributed by atoms with E-state index < -0.39 is 11.3 Å². The van der Waals surface area contributed by atoms with Gasteiger partial charge in [0.1, 0.15) is 16.7 Å². The van der Waals surface area contributed by atoms with Crippen LogP contribution in [0.5, 0.6) is 5.75 Å². The average Bonchev–Trinajstić information content (AvgIpc) is 2.70. The molecule has 0 saturated carbocycles. The van der Waals surface area contributed by atoms with Crippen LogP contribution in [0.2, 0.25) is 0 Å². The highest BCUT2D eigenvalue weighted by atomic mass is 16.3. The van der Waals surface area contributed by atoms with Crippen LogP contribution < -0.4 is 10.7 Å². The van der Waals surface area contributed by atoms with Gasteiger partial charge < -0.3 is 14.8 Å². The molecule has 2 N–H and O–H groups in total. The third kappa shape index (κ3) is 3.92. The largest absolute Gasteiger partial charge is 0.507 e. The number of fused-ring (bicyclic) bond motifs is 1. The number of nitrogens with one attached hydrogen (secondary N) is 1. The lowest BCUT2D eigenvalue weighted by atomic mass is 10.1. The lowest BCUT2D eigenvalue weighted by Crippen LogP contribution is -2.29. The normalized spacial score (nSPS) is 14.9. The Kier molecular flexibility index (Phi) is 5.12. The first-order valence-corrected chi connectivity index (χ1v) is 9.49. The number of nitrogens with zero attached hydrogens (tertiary/aromatic N) is 1. The number of benzene rings is 2. The molecular weight excluding hydrogens is 356 g/mol. The number of piperidine rings is 1. The fourth-order valence-corrected chi connectivity index (χ4v) is 3.57. The summed E-state index contributed by atoms with van der Waals surface area (Å²) in [7, 11) is 0. The summed E-state index contributed by atoms with van der Waals surface area (Å²) < 4.78 is 5.50. The summed E-state index contributed by atoms with van der Waals surface area (Å²) in [4.78, 5) is 27.1. The predicted molar refractivity (Wildman–Crippen MR) is 108 cm³/mol. The molecular formula is C22H22N2O4. The van der Waals surface area contributed by atoms with E-state index >= 15 is 0 Å². The van der Waals surface area contributed by atoms with E-state index in [1.165, 1.54) is 30.9 Å².